The van der Waals surface area contributed by atoms with E-state index >= 15 is 0 Å². The Balaban J connectivity index is 2.68. The fourth-order valence-electron chi connectivity index (χ4n) is 1.21. The van der Waals surface area contributed by atoms with Crippen LogP contribution in [0.25, 0.3) is 0 Å². The number of rotatable bonds is 3. The van der Waals surface area contributed by atoms with Crippen molar-refractivity contribution in [2.24, 2.45) is 0 Å². The molecule has 0 bridgehead atoms. The minimum Gasteiger partial charge on any atom is -0.354 e. The molecule has 1 amide bonds. The molecule has 0 atom stereocenters. The van der Waals surface area contributed by atoms with E-state index in [1.165, 1.54) is 0 Å². The molecule has 2 nitrogen and oxygen atoms in total. The molecule has 1 rings (SSSR count). The molecule has 1 aromatic rings. The Kier molecular flexibility index (Phi) is 4.61. The zero-order valence-electron chi connectivity index (χ0n) is 8.68. The fourth-order valence-corrected chi connectivity index (χ4v) is 2.03. The summed E-state index contributed by atoms with van der Waals surface area (Å²) in [5.74, 6) is 0.0213. The molecule has 0 fully saturated rings. The van der Waals surface area contributed by atoms with E-state index in [1.807, 2.05) is 19.9 Å². The molecule has 1 aromatic carbocycles. The topological polar surface area (TPSA) is 29.1 Å². The molecule has 0 aliphatic rings. The first-order valence-corrected chi connectivity index (χ1v) is 5.89. The van der Waals surface area contributed by atoms with E-state index in [2.05, 4.69) is 21.2 Å². The van der Waals surface area contributed by atoms with Gasteiger partial charge in [-0.15, -0.1) is 0 Å². The molecule has 0 saturated heterocycles. The van der Waals surface area contributed by atoms with Gasteiger partial charge in [-0.05, 0) is 31.5 Å². The molecule has 15 heavy (non-hydrogen) atoms. The van der Waals surface area contributed by atoms with E-state index in [0.29, 0.717) is 11.4 Å². The third kappa shape index (κ3) is 4.22. The number of halogens is 2. The van der Waals surface area contributed by atoms with Crippen LogP contribution < -0.4 is 5.32 Å². The van der Waals surface area contributed by atoms with E-state index in [0.717, 1.165) is 10.0 Å². The Hall–Kier alpha value is -0.540. The highest BCUT2D eigenvalue weighted by molar-refractivity contribution is 9.10. The van der Waals surface area contributed by atoms with E-state index in [9.17, 15) is 4.79 Å². The third-order valence-corrected chi connectivity index (χ3v) is 2.79. The summed E-state index contributed by atoms with van der Waals surface area (Å²) in [6.07, 6.45) is 0.371. The smallest absolute Gasteiger partial charge is 0.224 e. The lowest BCUT2D eigenvalue weighted by Gasteiger charge is -2.09. The molecule has 4 heteroatoms. The van der Waals surface area contributed by atoms with Crippen LogP contribution in [0.4, 0.5) is 0 Å². The predicted octanol–water partition coefficient (Wildman–Crippen LogP) is 3.17. The van der Waals surface area contributed by atoms with E-state index in [4.69, 9.17) is 11.6 Å². The fraction of sp³-hybridized carbons (Fsp3) is 0.364. The van der Waals surface area contributed by atoms with E-state index < -0.39 is 0 Å². The number of benzene rings is 1. The quantitative estimate of drug-likeness (QED) is 0.910. The van der Waals surface area contributed by atoms with Gasteiger partial charge >= 0.3 is 0 Å². The van der Waals surface area contributed by atoms with Gasteiger partial charge in [0.25, 0.3) is 0 Å². The predicted molar refractivity (Wildman–Crippen MR) is 66.1 cm³/mol. The second kappa shape index (κ2) is 5.52. The maximum atomic E-state index is 11.5. The van der Waals surface area contributed by atoms with Crippen LogP contribution in [0, 0.1) is 0 Å². The van der Waals surface area contributed by atoms with Crippen LogP contribution in [0.3, 0.4) is 0 Å². The molecule has 82 valence electrons. The zero-order chi connectivity index (χ0) is 11.4. The van der Waals surface area contributed by atoms with Gasteiger partial charge in [0.15, 0.2) is 0 Å². The third-order valence-electron chi connectivity index (χ3n) is 1.82. The number of nitrogens with one attached hydrogen (secondary N) is 1. The van der Waals surface area contributed by atoms with Crippen molar-refractivity contribution in [3.63, 3.8) is 0 Å². The summed E-state index contributed by atoms with van der Waals surface area (Å²) in [5.41, 5.74) is 0.942. The lowest BCUT2D eigenvalue weighted by molar-refractivity contribution is -0.120. The van der Waals surface area contributed by atoms with Crippen LogP contribution in [-0.4, -0.2) is 11.9 Å². The highest BCUT2D eigenvalue weighted by Gasteiger charge is 2.07. The molecule has 1 N–H and O–H groups in total. The molecule has 0 heterocycles. The minimum absolute atomic E-state index is 0.0213. The van der Waals surface area contributed by atoms with Crippen molar-refractivity contribution < 1.29 is 4.79 Å². The first kappa shape index (κ1) is 12.5. The van der Waals surface area contributed by atoms with Crippen LogP contribution in [0.2, 0.25) is 5.02 Å². The minimum atomic E-state index is 0.0213. The van der Waals surface area contributed by atoms with Crippen molar-refractivity contribution in [2.45, 2.75) is 26.3 Å². The van der Waals surface area contributed by atoms with E-state index in [-0.39, 0.29) is 11.9 Å². The van der Waals surface area contributed by atoms with Gasteiger partial charge in [0.2, 0.25) is 5.91 Å². The lowest BCUT2D eigenvalue weighted by Crippen LogP contribution is -2.31. The summed E-state index contributed by atoms with van der Waals surface area (Å²) < 4.78 is 0.869. The molecule has 0 aliphatic carbocycles. The van der Waals surface area contributed by atoms with Crippen LogP contribution in [0.15, 0.2) is 22.7 Å². The van der Waals surface area contributed by atoms with Crippen molar-refractivity contribution in [1.29, 1.82) is 0 Å². The van der Waals surface area contributed by atoms with Crippen LogP contribution in [0.1, 0.15) is 19.4 Å². The highest BCUT2D eigenvalue weighted by Crippen LogP contribution is 2.21. The number of hydrogen-bond donors (Lipinski definition) is 1. The molecule has 0 saturated carbocycles. The SMILES string of the molecule is CC(C)NC(=O)Cc1ccc(Cl)cc1Br. The first-order valence-electron chi connectivity index (χ1n) is 4.72. The largest absolute Gasteiger partial charge is 0.354 e. The van der Waals surface area contributed by atoms with Crippen LogP contribution >= 0.6 is 27.5 Å². The zero-order valence-corrected chi connectivity index (χ0v) is 11.0. The first-order chi connectivity index (χ1) is 6.99. The summed E-state index contributed by atoms with van der Waals surface area (Å²) in [5, 5.41) is 3.50. The second-order valence-electron chi connectivity index (χ2n) is 3.63. The van der Waals surface area contributed by atoms with Gasteiger partial charge < -0.3 is 5.32 Å². The van der Waals surface area contributed by atoms with Gasteiger partial charge in [0.05, 0.1) is 6.42 Å². The van der Waals surface area contributed by atoms with Gasteiger partial charge in [-0.3, -0.25) is 4.79 Å². The Bertz CT molecular complexity index is 366. The van der Waals surface area contributed by atoms with Gasteiger partial charge in [0.1, 0.15) is 0 Å². The average molecular weight is 291 g/mol. The monoisotopic (exact) mass is 289 g/mol. The Morgan fingerprint density at radius 1 is 1.53 bits per heavy atom. The Morgan fingerprint density at radius 3 is 2.73 bits per heavy atom. The Morgan fingerprint density at radius 2 is 2.20 bits per heavy atom. The number of amides is 1. The van der Waals surface area contributed by atoms with Gasteiger partial charge in [-0.2, -0.15) is 0 Å². The molecule has 0 aromatic heterocycles. The Labute approximate surface area is 103 Å². The molecule has 0 aliphatic heterocycles. The van der Waals surface area contributed by atoms with Crippen LogP contribution in [0.5, 0.6) is 0 Å². The van der Waals surface area contributed by atoms with Crippen molar-refractivity contribution in [2.75, 3.05) is 0 Å². The normalized spacial score (nSPS) is 10.5. The molecular weight excluding hydrogens is 277 g/mol. The molecule has 0 spiro atoms. The number of hydrogen-bond acceptors (Lipinski definition) is 1. The summed E-state index contributed by atoms with van der Waals surface area (Å²) in [4.78, 5) is 11.5. The number of carbonyl (C=O) groups excluding carboxylic acids is 1. The molecule has 0 radical (unpaired) electrons. The van der Waals surface area contributed by atoms with Crippen LogP contribution in [-0.2, 0) is 11.2 Å². The number of carbonyl (C=O) groups is 1. The van der Waals surface area contributed by atoms with Gasteiger partial charge in [-0.1, -0.05) is 33.6 Å². The second-order valence-corrected chi connectivity index (χ2v) is 4.93. The van der Waals surface area contributed by atoms with Gasteiger partial charge in [0, 0.05) is 15.5 Å². The van der Waals surface area contributed by atoms with Crippen molar-refractivity contribution in [3.05, 3.63) is 33.3 Å². The summed E-state index contributed by atoms with van der Waals surface area (Å²) in [6.45, 7) is 3.88. The standard InChI is InChI=1S/C11H13BrClNO/c1-7(2)14-11(15)5-8-3-4-9(13)6-10(8)12/h3-4,6-7H,5H2,1-2H3,(H,14,15). The summed E-state index contributed by atoms with van der Waals surface area (Å²) in [7, 11) is 0. The molecular formula is C11H13BrClNO. The average Bonchev–Trinajstić information content (AvgIpc) is 2.08. The maximum absolute atomic E-state index is 11.5. The summed E-state index contributed by atoms with van der Waals surface area (Å²) in [6, 6.07) is 5.60. The summed E-state index contributed by atoms with van der Waals surface area (Å²) >= 11 is 9.18. The van der Waals surface area contributed by atoms with Gasteiger partial charge in [-0.25, -0.2) is 0 Å². The lowest BCUT2D eigenvalue weighted by atomic mass is 10.1. The van der Waals surface area contributed by atoms with Crippen molar-refractivity contribution in [1.82, 2.24) is 5.32 Å². The highest BCUT2D eigenvalue weighted by atomic mass is 79.9. The molecule has 0 unspecified atom stereocenters. The van der Waals surface area contributed by atoms with Crippen molar-refractivity contribution in [3.8, 4) is 0 Å². The van der Waals surface area contributed by atoms with Crippen molar-refractivity contribution >= 4 is 33.4 Å². The van der Waals surface area contributed by atoms with E-state index in [1.54, 1.807) is 12.1 Å². The maximum Gasteiger partial charge on any atom is 0.224 e.